The molecule has 0 aromatic rings. The van der Waals surface area contributed by atoms with Crippen molar-refractivity contribution in [3.8, 4) is 0 Å². The Kier molecular flexibility index (Phi) is 7.89. The van der Waals surface area contributed by atoms with E-state index in [9.17, 15) is 0 Å². The molecular formula is C17H40O2Si2. The lowest BCUT2D eigenvalue weighted by Crippen LogP contribution is -2.44. The van der Waals surface area contributed by atoms with Gasteiger partial charge in [-0.15, -0.1) is 0 Å². The normalized spacial score (nSPS) is 14.6. The molecule has 0 unspecified atom stereocenters. The minimum atomic E-state index is -1.57. The second-order valence-corrected chi connectivity index (χ2v) is 17.6. The Labute approximate surface area is 136 Å². The van der Waals surface area contributed by atoms with Crippen LogP contribution in [0.5, 0.6) is 0 Å². The van der Waals surface area contributed by atoms with Crippen molar-refractivity contribution in [3.63, 3.8) is 0 Å². The zero-order valence-corrected chi connectivity index (χ0v) is 18.4. The van der Waals surface area contributed by atoms with Crippen LogP contribution in [0.4, 0.5) is 0 Å². The predicted molar refractivity (Wildman–Crippen MR) is 100 cm³/mol. The fourth-order valence-corrected chi connectivity index (χ4v) is 10.0. The van der Waals surface area contributed by atoms with Crippen molar-refractivity contribution in [2.45, 2.75) is 110 Å². The lowest BCUT2D eigenvalue weighted by molar-refractivity contribution is 0.115. The highest BCUT2D eigenvalue weighted by Gasteiger charge is 2.36. The van der Waals surface area contributed by atoms with E-state index in [0.717, 1.165) is 0 Å². The zero-order valence-electron chi connectivity index (χ0n) is 16.4. The summed E-state index contributed by atoms with van der Waals surface area (Å²) in [5.74, 6) is 0. The maximum Gasteiger partial charge on any atom is 0.192 e. The number of rotatable bonds is 8. The van der Waals surface area contributed by atoms with Crippen molar-refractivity contribution in [2.75, 3.05) is 0 Å². The highest BCUT2D eigenvalue weighted by molar-refractivity contribution is 6.74. The molecule has 0 rings (SSSR count). The van der Waals surface area contributed by atoms with Crippen LogP contribution in [-0.4, -0.2) is 27.8 Å². The fourth-order valence-electron chi connectivity index (χ4n) is 3.16. The van der Waals surface area contributed by atoms with E-state index in [1.807, 2.05) is 0 Å². The molecule has 0 aliphatic rings. The molecule has 21 heavy (non-hydrogen) atoms. The third kappa shape index (κ3) is 9.87. The second kappa shape index (κ2) is 7.76. The zero-order chi connectivity index (χ0) is 16.9. The van der Waals surface area contributed by atoms with Crippen molar-refractivity contribution in [1.82, 2.24) is 0 Å². The van der Waals surface area contributed by atoms with E-state index in [4.69, 9.17) is 8.85 Å². The maximum absolute atomic E-state index is 6.55. The molecule has 0 aliphatic heterocycles. The molecule has 0 N–H and O–H groups in total. The first-order valence-electron chi connectivity index (χ1n) is 8.64. The minimum Gasteiger partial charge on any atom is -0.413 e. The van der Waals surface area contributed by atoms with Gasteiger partial charge < -0.3 is 8.85 Å². The van der Waals surface area contributed by atoms with Gasteiger partial charge in [-0.25, -0.2) is 0 Å². The molecule has 0 amide bonds. The van der Waals surface area contributed by atoms with Crippen molar-refractivity contribution >= 4 is 16.6 Å². The van der Waals surface area contributed by atoms with E-state index in [-0.39, 0.29) is 11.2 Å². The van der Waals surface area contributed by atoms with Gasteiger partial charge in [-0.2, -0.15) is 0 Å². The van der Waals surface area contributed by atoms with Crippen molar-refractivity contribution < 1.29 is 8.85 Å². The summed E-state index contributed by atoms with van der Waals surface area (Å²) >= 11 is 0. The molecule has 0 spiro atoms. The predicted octanol–water partition coefficient (Wildman–Crippen LogP) is 6.20. The minimum absolute atomic E-state index is 0.00685. The molecule has 4 heteroatoms. The first-order valence-corrected chi connectivity index (χ1v) is 14.3. The second-order valence-electron chi connectivity index (χ2n) is 8.93. The van der Waals surface area contributed by atoms with Crippen LogP contribution in [0.2, 0.25) is 37.3 Å². The number of hydrogen-bond donors (Lipinski definition) is 0. The van der Waals surface area contributed by atoms with Crippen LogP contribution in [0.15, 0.2) is 0 Å². The summed E-state index contributed by atoms with van der Waals surface area (Å²) in [6.07, 6.45) is 1.26. The van der Waals surface area contributed by atoms with Gasteiger partial charge in [0.1, 0.15) is 0 Å². The topological polar surface area (TPSA) is 18.5 Å². The Hall–Kier alpha value is 0.354. The monoisotopic (exact) mass is 332 g/mol. The third-order valence-electron chi connectivity index (χ3n) is 3.81. The van der Waals surface area contributed by atoms with Gasteiger partial charge in [0.2, 0.25) is 0 Å². The van der Waals surface area contributed by atoms with E-state index in [1.54, 1.807) is 0 Å². The van der Waals surface area contributed by atoms with Gasteiger partial charge in [-0.05, 0) is 78.8 Å². The van der Waals surface area contributed by atoms with Crippen LogP contribution in [0.25, 0.3) is 0 Å². The Balaban J connectivity index is 4.58. The Morgan fingerprint density at radius 2 is 1.14 bits per heavy atom. The molecule has 2 nitrogen and oxygen atoms in total. The van der Waals surface area contributed by atoms with E-state index in [1.165, 1.54) is 30.6 Å². The average molecular weight is 333 g/mol. The molecule has 0 saturated heterocycles. The molecule has 0 aliphatic carbocycles. The average Bonchev–Trinajstić information content (AvgIpc) is 2.22. The summed E-state index contributed by atoms with van der Waals surface area (Å²) in [4.78, 5) is 0. The molecule has 0 radical (unpaired) electrons. The van der Waals surface area contributed by atoms with Gasteiger partial charge in [-0.3, -0.25) is 0 Å². The van der Waals surface area contributed by atoms with Crippen molar-refractivity contribution in [2.24, 2.45) is 0 Å². The standard InChI is InChI=1S/C17H40O2Si2/c1-11-21(12-2,19-17(6,7)8)15-13-14-20(9,10)18-16(3,4)5/h11-15H2,1-10H3. The van der Waals surface area contributed by atoms with Crippen LogP contribution in [0.1, 0.15) is 61.8 Å². The summed E-state index contributed by atoms with van der Waals surface area (Å²) in [5, 5.41) is 0. The summed E-state index contributed by atoms with van der Waals surface area (Å²) < 4.78 is 12.9. The van der Waals surface area contributed by atoms with Crippen molar-refractivity contribution in [3.05, 3.63) is 0 Å². The van der Waals surface area contributed by atoms with Gasteiger partial charge in [0.25, 0.3) is 0 Å². The first-order chi connectivity index (χ1) is 9.24. The van der Waals surface area contributed by atoms with Crippen LogP contribution in [0, 0.1) is 0 Å². The third-order valence-corrected chi connectivity index (χ3v) is 11.4. The van der Waals surface area contributed by atoms with Gasteiger partial charge in [0, 0.05) is 11.2 Å². The van der Waals surface area contributed by atoms with Crippen LogP contribution in [0.3, 0.4) is 0 Å². The molecule has 0 aromatic carbocycles. The molecule has 0 aromatic heterocycles. The van der Waals surface area contributed by atoms with Gasteiger partial charge in [-0.1, -0.05) is 20.3 Å². The Morgan fingerprint density at radius 1 is 0.714 bits per heavy atom. The quantitative estimate of drug-likeness (QED) is 0.493. The molecule has 0 atom stereocenters. The smallest absolute Gasteiger partial charge is 0.192 e. The highest BCUT2D eigenvalue weighted by Crippen LogP contribution is 2.31. The lowest BCUT2D eigenvalue weighted by Gasteiger charge is -2.38. The highest BCUT2D eigenvalue weighted by atomic mass is 28.4. The molecule has 0 fully saturated rings. The molecule has 0 heterocycles. The fraction of sp³-hybridized carbons (Fsp3) is 1.00. The van der Waals surface area contributed by atoms with Crippen molar-refractivity contribution in [1.29, 1.82) is 0 Å². The van der Waals surface area contributed by atoms with Gasteiger partial charge >= 0.3 is 0 Å². The van der Waals surface area contributed by atoms with Crippen LogP contribution < -0.4 is 0 Å². The number of hydrogen-bond acceptors (Lipinski definition) is 2. The van der Waals surface area contributed by atoms with Gasteiger partial charge in [0.15, 0.2) is 16.6 Å². The van der Waals surface area contributed by atoms with E-state index >= 15 is 0 Å². The first kappa shape index (κ1) is 21.4. The summed E-state index contributed by atoms with van der Waals surface area (Å²) in [6, 6.07) is 4.97. The molecule has 128 valence electrons. The van der Waals surface area contributed by atoms with Crippen LogP contribution >= 0.6 is 0 Å². The lowest BCUT2D eigenvalue weighted by atomic mass is 10.2. The van der Waals surface area contributed by atoms with E-state index in [0.29, 0.717) is 0 Å². The van der Waals surface area contributed by atoms with E-state index in [2.05, 4.69) is 68.5 Å². The maximum atomic E-state index is 6.55. The Bertz CT molecular complexity index is 297. The Morgan fingerprint density at radius 3 is 1.48 bits per heavy atom. The SMILES string of the molecule is CC[Si](CC)(CCC[Si](C)(C)OC(C)(C)C)OC(C)(C)C. The molecule has 0 saturated carbocycles. The summed E-state index contributed by atoms with van der Waals surface area (Å²) in [7, 11) is -3.13. The van der Waals surface area contributed by atoms with Crippen LogP contribution in [-0.2, 0) is 8.85 Å². The largest absolute Gasteiger partial charge is 0.413 e. The molecular weight excluding hydrogens is 292 g/mol. The van der Waals surface area contributed by atoms with E-state index < -0.39 is 16.6 Å². The summed E-state index contributed by atoms with van der Waals surface area (Å²) in [5.41, 5.74) is -0.0191. The van der Waals surface area contributed by atoms with Gasteiger partial charge in [0.05, 0.1) is 0 Å². The molecule has 0 bridgehead atoms. The summed E-state index contributed by atoms with van der Waals surface area (Å²) in [6.45, 7) is 22.4.